The lowest BCUT2D eigenvalue weighted by atomic mass is 9.92. The highest BCUT2D eigenvalue weighted by atomic mass is 19.4. The molecule has 0 bridgehead atoms. The van der Waals surface area contributed by atoms with Crippen LogP contribution in [0.4, 0.5) is 29.5 Å². The second-order valence-corrected chi connectivity index (χ2v) is 10.1. The maximum Gasteiger partial charge on any atom is 0.416 e. The van der Waals surface area contributed by atoms with Gasteiger partial charge < -0.3 is 20.3 Å². The fraction of sp³-hybridized carbons (Fsp3) is 0.393. The Bertz CT molecular complexity index is 1260. The van der Waals surface area contributed by atoms with Gasteiger partial charge in [0.25, 0.3) is 0 Å². The Morgan fingerprint density at radius 1 is 1.00 bits per heavy atom. The highest BCUT2D eigenvalue weighted by Gasteiger charge is 2.30. The molecule has 0 aliphatic carbocycles. The number of unbranched alkanes of at least 4 members (excludes halogenated alkanes) is 1. The average molecular weight is 546 g/mol. The molecule has 0 radical (unpaired) electrons. The maximum absolute atomic E-state index is 13.1. The van der Waals surface area contributed by atoms with Crippen LogP contribution < -0.4 is 15.4 Å². The third-order valence-corrected chi connectivity index (χ3v) is 5.93. The number of benzene rings is 2. The largest absolute Gasteiger partial charge is 0.497 e. The van der Waals surface area contributed by atoms with Crippen LogP contribution in [0.15, 0.2) is 54.6 Å². The molecule has 0 spiro atoms. The van der Waals surface area contributed by atoms with Crippen molar-refractivity contribution in [3.8, 4) is 11.4 Å². The molecule has 0 saturated carbocycles. The Balaban J connectivity index is 1.78. The Morgan fingerprint density at radius 2 is 1.64 bits per heavy atom. The highest BCUT2D eigenvalue weighted by Crippen LogP contribution is 2.30. The van der Waals surface area contributed by atoms with Crippen molar-refractivity contribution in [1.82, 2.24) is 14.7 Å². The number of carbonyl (C=O) groups is 2. The lowest BCUT2D eigenvalue weighted by Crippen LogP contribution is -2.41. The number of carbonyl (C=O) groups excluding carboxylic acids is 2. The molecule has 0 aliphatic heterocycles. The molecule has 0 atom stereocenters. The molecule has 3 rings (SSSR count). The second kappa shape index (κ2) is 12.2. The van der Waals surface area contributed by atoms with Gasteiger partial charge in [0.05, 0.1) is 24.1 Å². The highest BCUT2D eigenvalue weighted by molar-refractivity contribution is 5.96. The van der Waals surface area contributed by atoms with E-state index in [2.05, 4.69) is 10.6 Å². The fourth-order valence-corrected chi connectivity index (χ4v) is 3.66. The molecule has 0 aliphatic rings. The first-order valence-electron chi connectivity index (χ1n) is 12.6. The number of hydrogen-bond donors (Lipinski definition) is 2. The summed E-state index contributed by atoms with van der Waals surface area (Å²) in [6, 6.07) is 12.6. The van der Waals surface area contributed by atoms with Crippen LogP contribution in [0.25, 0.3) is 5.69 Å². The normalized spacial score (nSPS) is 11.7. The Kier molecular flexibility index (Phi) is 9.26. The smallest absolute Gasteiger partial charge is 0.416 e. The molecular formula is C28H34F3N5O3. The predicted molar refractivity (Wildman–Crippen MR) is 144 cm³/mol. The van der Waals surface area contributed by atoms with E-state index in [0.717, 1.165) is 24.2 Å². The number of methoxy groups -OCH3 is 1. The molecule has 210 valence electrons. The zero-order chi connectivity index (χ0) is 28.8. The monoisotopic (exact) mass is 545 g/mol. The third kappa shape index (κ3) is 7.98. The van der Waals surface area contributed by atoms with Gasteiger partial charge in [0.15, 0.2) is 0 Å². The van der Waals surface area contributed by atoms with E-state index in [4.69, 9.17) is 9.84 Å². The number of urea groups is 1. The van der Waals surface area contributed by atoms with E-state index >= 15 is 0 Å². The zero-order valence-electron chi connectivity index (χ0n) is 22.7. The minimum atomic E-state index is -4.47. The van der Waals surface area contributed by atoms with Crippen LogP contribution in [-0.2, 0) is 16.4 Å². The van der Waals surface area contributed by atoms with Crippen molar-refractivity contribution in [3.05, 3.63) is 65.9 Å². The molecule has 0 fully saturated rings. The Hall–Kier alpha value is -4.02. The molecule has 1 heterocycles. The van der Waals surface area contributed by atoms with Gasteiger partial charge in [-0.2, -0.15) is 18.3 Å². The first kappa shape index (κ1) is 29.5. The summed E-state index contributed by atoms with van der Waals surface area (Å²) in [7, 11) is 1.57. The topological polar surface area (TPSA) is 88.5 Å². The van der Waals surface area contributed by atoms with Crippen molar-refractivity contribution < 1.29 is 27.5 Å². The molecule has 1 aromatic heterocycles. The lowest BCUT2D eigenvalue weighted by molar-refractivity contribution is -0.137. The number of nitrogens with one attached hydrogen (secondary N) is 2. The molecule has 3 aromatic rings. The molecule has 8 nitrogen and oxygen atoms in total. The minimum absolute atomic E-state index is 0.197. The molecule has 2 aromatic carbocycles. The number of ether oxygens (including phenoxy) is 1. The molecule has 3 amide bonds. The van der Waals surface area contributed by atoms with Crippen LogP contribution in [0.3, 0.4) is 0 Å². The van der Waals surface area contributed by atoms with Gasteiger partial charge in [0.2, 0.25) is 5.91 Å². The SMILES string of the molecule is CCCCN(CC(=O)Nc1cc(C(C)(C)C)nn1-c1ccc(OC)cc1)C(=O)Nc1ccc(C(F)(F)F)cc1. The van der Waals surface area contributed by atoms with E-state index in [1.54, 1.807) is 30.0 Å². The number of nitrogens with zero attached hydrogens (tertiary/aromatic N) is 3. The second-order valence-electron chi connectivity index (χ2n) is 10.1. The van der Waals surface area contributed by atoms with Gasteiger partial charge in [-0.1, -0.05) is 34.1 Å². The quantitative estimate of drug-likeness (QED) is 0.323. The molecule has 39 heavy (non-hydrogen) atoms. The van der Waals surface area contributed by atoms with Crippen molar-refractivity contribution in [2.24, 2.45) is 0 Å². The number of rotatable bonds is 9. The number of aromatic nitrogens is 2. The average Bonchev–Trinajstić information content (AvgIpc) is 3.30. The van der Waals surface area contributed by atoms with Crippen LogP contribution >= 0.6 is 0 Å². The Morgan fingerprint density at radius 3 is 2.18 bits per heavy atom. The van der Waals surface area contributed by atoms with E-state index in [0.29, 0.717) is 30.2 Å². The first-order chi connectivity index (χ1) is 18.3. The first-order valence-corrected chi connectivity index (χ1v) is 12.6. The van der Waals surface area contributed by atoms with Crippen LogP contribution in [0.1, 0.15) is 51.8 Å². The molecule has 0 saturated heterocycles. The predicted octanol–water partition coefficient (Wildman–Crippen LogP) is 6.47. The molecular weight excluding hydrogens is 511 g/mol. The third-order valence-electron chi connectivity index (χ3n) is 5.93. The summed E-state index contributed by atoms with van der Waals surface area (Å²) in [6.07, 6.45) is -3.05. The van der Waals surface area contributed by atoms with Gasteiger partial charge in [-0.15, -0.1) is 0 Å². The molecule has 2 N–H and O–H groups in total. The van der Waals surface area contributed by atoms with Crippen LogP contribution in [-0.4, -0.2) is 46.8 Å². The van der Waals surface area contributed by atoms with Crippen LogP contribution in [0, 0.1) is 0 Å². The van der Waals surface area contributed by atoms with Crippen molar-refractivity contribution in [2.75, 3.05) is 30.8 Å². The summed E-state index contributed by atoms with van der Waals surface area (Å²) >= 11 is 0. The van der Waals surface area contributed by atoms with Crippen molar-refractivity contribution >= 4 is 23.4 Å². The van der Waals surface area contributed by atoms with Crippen molar-refractivity contribution in [1.29, 1.82) is 0 Å². The summed E-state index contributed by atoms with van der Waals surface area (Å²) in [5, 5.41) is 10.1. The minimum Gasteiger partial charge on any atom is -0.497 e. The standard InChI is InChI=1S/C28H34F3N5O3/c1-6-7-16-35(26(38)32-20-10-8-19(9-11-20)28(29,30)31)18-25(37)33-24-17-23(27(2,3)4)34-36(24)21-12-14-22(39-5)15-13-21/h8-15,17H,6-7,16,18H2,1-5H3,(H,32,38)(H,33,37). The van der Waals surface area contributed by atoms with E-state index in [-0.39, 0.29) is 17.6 Å². The summed E-state index contributed by atoms with van der Waals surface area (Å²) in [6.45, 7) is 8.02. The summed E-state index contributed by atoms with van der Waals surface area (Å²) in [5.74, 6) is 0.677. The van der Waals surface area contributed by atoms with Crippen LogP contribution in [0.2, 0.25) is 0 Å². The van der Waals surface area contributed by atoms with Gasteiger partial charge in [0, 0.05) is 23.7 Å². The maximum atomic E-state index is 13.1. The summed E-state index contributed by atoms with van der Waals surface area (Å²) < 4.78 is 45.4. The van der Waals surface area contributed by atoms with E-state index in [1.807, 2.05) is 39.8 Å². The number of alkyl halides is 3. The number of hydrogen-bond acceptors (Lipinski definition) is 4. The van der Waals surface area contributed by atoms with Crippen LogP contribution in [0.5, 0.6) is 5.75 Å². The molecule has 0 unspecified atom stereocenters. The van der Waals surface area contributed by atoms with Gasteiger partial charge in [0.1, 0.15) is 18.1 Å². The number of anilines is 2. The van der Waals surface area contributed by atoms with Gasteiger partial charge in [-0.05, 0) is 55.0 Å². The van der Waals surface area contributed by atoms with E-state index in [1.165, 1.54) is 17.0 Å². The summed E-state index contributed by atoms with van der Waals surface area (Å²) in [5.41, 5.74) is 0.570. The molecule has 11 heteroatoms. The van der Waals surface area contributed by atoms with E-state index in [9.17, 15) is 22.8 Å². The van der Waals surface area contributed by atoms with Gasteiger partial charge in [-0.25, -0.2) is 9.48 Å². The van der Waals surface area contributed by atoms with Gasteiger partial charge >= 0.3 is 12.2 Å². The lowest BCUT2D eigenvalue weighted by Gasteiger charge is -2.22. The number of halogens is 3. The van der Waals surface area contributed by atoms with Crippen molar-refractivity contribution in [3.63, 3.8) is 0 Å². The van der Waals surface area contributed by atoms with Gasteiger partial charge in [-0.3, -0.25) is 4.79 Å². The Labute approximate surface area is 226 Å². The number of amides is 3. The zero-order valence-corrected chi connectivity index (χ0v) is 22.7. The fourth-order valence-electron chi connectivity index (χ4n) is 3.66. The van der Waals surface area contributed by atoms with E-state index < -0.39 is 23.7 Å². The summed E-state index contributed by atoms with van der Waals surface area (Å²) in [4.78, 5) is 27.4. The van der Waals surface area contributed by atoms with Crippen molar-refractivity contribution in [2.45, 2.75) is 52.1 Å².